The minimum absolute atomic E-state index is 0.228. The van der Waals surface area contributed by atoms with Gasteiger partial charge in [0.15, 0.2) is 4.80 Å². The summed E-state index contributed by atoms with van der Waals surface area (Å²) in [6, 6.07) is 14.6. The topological polar surface area (TPSA) is 81.9 Å². The highest BCUT2D eigenvalue weighted by Crippen LogP contribution is 2.32. The predicted octanol–water partition coefficient (Wildman–Crippen LogP) is 3.14. The van der Waals surface area contributed by atoms with Crippen molar-refractivity contribution in [3.8, 4) is 5.75 Å². The first kappa shape index (κ1) is 22.5. The smallest absolute Gasteiger partial charge is 0.338 e. The highest BCUT2D eigenvalue weighted by molar-refractivity contribution is 7.07. The molecule has 1 aliphatic rings. The van der Waals surface area contributed by atoms with Crippen LogP contribution >= 0.6 is 11.3 Å². The molecule has 2 heterocycles. The lowest BCUT2D eigenvalue weighted by Crippen LogP contribution is -2.40. The van der Waals surface area contributed by atoms with Crippen LogP contribution in [0.25, 0.3) is 6.20 Å². The number of hydrogen-bond acceptors (Lipinski definition) is 7. The highest BCUT2D eigenvalue weighted by atomic mass is 32.1. The molecule has 0 unspecified atom stereocenters. The second kappa shape index (κ2) is 9.46. The Labute approximate surface area is 195 Å². The Balaban J connectivity index is 1.87. The third-order valence-corrected chi connectivity index (χ3v) is 6.33. The number of aromatic nitrogens is 1. The Bertz CT molecular complexity index is 1400. The average molecular weight is 464 g/mol. The minimum atomic E-state index is -0.670. The standard InChI is InChI=1S/C25H25N3O4S/c1-5-32-24(30)21-16(3)27-25-28(22(21)17-7-6-8-19(13-17)31-4)23(29)20(33-25)14-26-18-11-9-15(2)10-12-18/h6-14,22,26H,5H2,1-4H3/b20-14-/t22-/m1/s1. The molecule has 0 aliphatic carbocycles. The molecule has 1 aliphatic heterocycles. The molecule has 7 nitrogen and oxygen atoms in total. The minimum Gasteiger partial charge on any atom is -0.497 e. The van der Waals surface area contributed by atoms with Gasteiger partial charge in [0.1, 0.15) is 10.3 Å². The molecule has 2 aromatic carbocycles. The van der Waals surface area contributed by atoms with E-state index in [-0.39, 0.29) is 12.2 Å². The number of benzene rings is 2. The van der Waals surface area contributed by atoms with Crippen molar-refractivity contribution in [1.29, 1.82) is 0 Å². The van der Waals surface area contributed by atoms with Gasteiger partial charge in [-0.3, -0.25) is 9.36 Å². The number of nitrogens with one attached hydrogen (secondary N) is 1. The Morgan fingerprint density at radius 3 is 2.67 bits per heavy atom. The second-order valence-corrected chi connectivity index (χ2v) is 8.60. The Morgan fingerprint density at radius 2 is 1.97 bits per heavy atom. The van der Waals surface area contributed by atoms with Gasteiger partial charge >= 0.3 is 5.97 Å². The maximum atomic E-state index is 13.5. The summed E-state index contributed by atoms with van der Waals surface area (Å²) in [6.07, 6.45) is 1.68. The van der Waals surface area contributed by atoms with Crippen molar-refractivity contribution in [3.05, 3.63) is 90.6 Å². The molecule has 4 rings (SSSR count). The zero-order chi connectivity index (χ0) is 23.5. The van der Waals surface area contributed by atoms with Gasteiger partial charge in [0.25, 0.3) is 5.56 Å². The number of carbonyl (C=O) groups is 1. The summed E-state index contributed by atoms with van der Waals surface area (Å²) >= 11 is 1.27. The number of allylic oxidation sites excluding steroid dienone is 1. The van der Waals surface area contributed by atoms with E-state index in [1.165, 1.54) is 11.3 Å². The number of aryl methyl sites for hydroxylation is 1. The number of rotatable bonds is 6. The van der Waals surface area contributed by atoms with Gasteiger partial charge in [0.2, 0.25) is 0 Å². The van der Waals surface area contributed by atoms with Crippen LogP contribution in [-0.4, -0.2) is 24.3 Å². The summed E-state index contributed by atoms with van der Waals surface area (Å²) in [5.41, 5.74) is 3.40. The molecule has 0 spiro atoms. The quantitative estimate of drug-likeness (QED) is 0.568. The maximum absolute atomic E-state index is 13.5. The van der Waals surface area contributed by atoms with Gasteiger partial charge in [-0.25, -0.2) is 9.79 Å². The molecule has 0 bridgehead atoms. The van der Waals surface area contributed by atoms with E-state index in [0.29, 0.717) is 26.4 Å². The molecule has 1 atom stereocenters. The van der Waals surface area contributed by atoms with Crippen LogP contribution in [0, 0.1) is 6.92 Å². The van der Waals surface area contributed by atoms with Crippen molar-refractivity contribution in [2.45, 2.75) is 26.8 Å². The Kier molecular flexibility index (Phi) is 6.46. The molecule has 0 radical (unpaired) electrons. The molecule has 0 saturated carbocycles. The van der Waals surface area contributed by atoms with Gasteiger partial charge in [0.05, 0.1) is 31.0 Å². The summed E-state index contributed by atoms with van der Waals surface area (Å²) < 4.78 is 12.7. The number of ether oxygens (including phenoxy) is 2. The highest BCUT2D eigenvalue weighted by Gasteiger charge is 2.33. The fourth-order valence-corrected chi connectivity index (χ4v) is 4.69. The molecule has 3 aromatic rings. The fraction of sp³-hybridized carbons (Fsp3) is 0.240. The number of anilines is 1. The van der Waals surface area contributed by atoms with Crippen molar-refractivity contribution in [3.63, 3.8) is 0 Å². The number of carbonyl (C=O) groups excluding carboxylic acids is 1. The van der Waals surface area contributed by atoms with E-state index < -0.39 is 12.0 Å². The lowest BCUT2D eigenvalue weighted by molar-refractivity contribution is -0.139. The molecule has 8 heteroatoms. The molecule has 0 fully saturated rings. The molecule has 170 valence electrons. The monoisotopic (exact) mass is 463 g/mol. The van der Waals surface area contributed by atoms with E-state index in [9.17, 15) is 9.59 Å². The van der Waals surface area contributed by atoms with Crippen LogP contribution in [0.15, 0.2) is 69.6 Å². The first-order valence-electron chi connectivity index (χ1n) is 10.6. The fourth-order valence-electron chi connectivity index (χ4n) is 3.72. The van der Waals surface area contributed by atoms with Gasteiger partial charge in [-0.2, -0.15) is 0 Å². The van der Waals surface area contributed by atoms with Crippen LogP contribution in [0.5, 0.6) is 5.75 Å². The van der Waals surface area contributed by atoms with Crippen LogP contribution < -0.4 is 24.9 Å². The van der Waals surface area contributed by atoms with Gasteiger partial charge in [0, 0.05) is 11.9 Å². The van der Waals surface area contributed by atoms with Crippen molar-refractivity contribution in [2.24, 2.45) is 4.99 Å². The van der Waals surface area contributed by atoms with Crippen LogP contribution in [0.3, 0.4) is 0 Å². The summed E-state index contributed by atoms with van der Waals surface area (Å²) in [5, 5.41) is 3.18. The van der Waals surface area contributed by atoms with E-state index in [4.69, 9.17) is 9.47 Å². The zero-order valence-corrected chi connectivity index (χ0v) is 19.7. The van der Waals surface area contributed by atoms with Crippen LogP contribution in [0.1, 0.15) is 31.0 Å². The first-order valence-corrected chi connectivity index (χ1v) is 11.4. The molecule has 1 N–H and O–H groups in total. The van der Waals surface area contributed by atoms with Crippen molar-refractivity contribution in [2.75, 3.05) is 19.0 Å². The Morgan fingerprint density at radius 1 is 1.21 bits per heavy atom. The van der Waals surface area contributed by atoms with Crippen molar-refractivity contribution in [1.82, 2.24) is 4.57 Å². The molecule has 33 heavy (non-hydrogen) atoms. The molecular formula is C25H25N3O4S. The summed E-state index contributed by atoms with van der Waals surface area (Å²) in [4.78, 5) is 31.5. The van der Waals surface area contributed by atoms with E-state index >= 15 is 0 Å². The second-order valence-electron chi connectivity index (χ2n) is 7.59. The lowest BCUT2D eigenvalue weighted by atomic mass is 9.95. The number of nitrogens with zero attached hydrogens (tertiary/aromatic N) is 2. The van der Waals surface area contributed by atoms with Gasteiger partial charge in [-0.15, -0.1) is 0 Å². The number of fused-ring (bicyclic) bond motifs is 1. The van der Waals surface area contributed by atoms with Crippen LogP contribution in [0.2, 0.25) is 0 Å². The molecule has 1 aromatic heterocycles. The number of methoxy groups -OCH3 is 1. The third kappa shape index (κ3) is 4.47. The summed E-state index contributed by atoms with van der Waals surface area (Å²) in [7, 11) is 1.58. The van der Waals surface area contributed by atoms with Crippen molar-refractivity contribution < 1.29 is 14.3 Å². The third-order valence-electron chi connectivity index (χ3n) is 5.35. The summed E-state index contributed by atoms with van der Waals surface area (Å²) in [5.74, 6) is 0.146. The van der Waals surface area contributed by atoms with E-state index in [0.717, 1.165) is 16.8 Å². The maximum Gasteiger partial charge on any atom is 0.338 e. The van der Waals surface area contributed by atoms with Crippen molar-refractivity contribution >= 4 is 29.2 Å². The normalized spacial score (nSPS) is 15.6. The molecule has 0 amide bonds. The van der Waals surface area contributed by atoms with E-state index in [2.05, 4.69) is 10.3 Å². The summed E-state index contributed by atoms with van der Waals surface area (Å²) in [6.45, 7) is 5.76. The Hall–Kier alpha value is -3.65. The lowest BCUT2D eigenvalue weighted by Gasteiger charge is -2.24. The van der Waals surface area contributed by atoms with Crippen LogP contribution in [0.4, 0.5) is 5.69 Å². The number of hydrogen-bond donors (Lipinski definition) is 1. The predicted molar refractivity (Wildman–Crippen MR) is 129 cm³/mol. The average Bonchev–Trinajstić information content (AvgIpc) is 3.12. The van der Waals surface area contributed by atoms with E-state index in [1.807, 2.05) is 55.5 Å². The largest absolute Gasteiger partial charge is 0.497 e. The number of thiazole rings is 1. The molecule has 0 saturated heterocycles. The van der Waals surface area contributed by atoms with Gasteiger partial charge in [-0.1, -0.05) is 41.2 Å². The van der Waals surface area contributed by atoms with Crippen LogP contribution in [-0.2, 0) is 9.53 Å². The zero-order valence-electron chi connectivity index (χ0n) is 18.9. The van der Waals surface area contributed by atoms with Gasteiger partial charge in [-0.05, 0) is 50.6 Å². The molecular weight excluding hydrogens is 438 g/mol. The number of esters is 1. The SMILES string of the molecule is CCOC(=O)C1=C(C)N=c2s/c(=C\Nc3ccc(C)cc3)c(=O)n2[C@@H]1c1cccc(OC)c1. The van der Waals surface area contributed by atoms with E-state index in [1.54, 1.807) is 31.7 Å². The van der Waals surface area contributed by atoms with Gasteiger partial charge < -0.3 is 14.8 Å². The first-order chi connectivity index (χ1) is 15.9.